The Morgan fingerprint density at radius 3 is 2.07 bits per heavy atom. The normalized spacial score (nSPS) is 10.8. The zero-order chi connectivity index (χ0) is 21.1. The molecule has 0 spiro atoms. The van der Waals surface area contributed by atoms with Crippen LogP contribution in [0.5, 0.6) is 23.0 Å². The first-order valence-corrected chi connectivity index (χ1v) is 9.57. The molecule has 0 amide bonds. The number of rotatable bonds is 7. The number of hydrogen-bond acceptors (Lipinski definition) is 5. The SMILES string of the molecule is COc1ccc2c(c1)nc(-c1cc(OC)c(OC)c(OC)c1)n2Cc1ccccc1. The second-order valence-electron chi connectivity index (χ2n) is 6.78. The number of benzene rings is 3. The van der Waals surface area contributed by atoms with Gasteiger partial charge in [-0.15, -0.1) is 0 Å². The van der Waals surface area contributed by atoms with Gasteiger partial charge in [0.15, 0.2) is 11.5 Å². The van der Waals surface area contributed by atoms with Crippen molar-refractivity contribution in [2.75, 3.05) is 28.4 Å². The van der Waals surface area contributed by atoms with E-state index in [0.717, 1.165) is 28.2 Å². The Kier molecular flexibility index (Phi) is 5.48. The molecule has 0 bridgehead atoms. The van der Waals surface area contributed by atoms with Crippen molar-refractivity contribution in [3.8, 4) is 34.4 Å². The van der Waals surface area contributed by atoms with Crippen LogP contribution in [0.15, 0.2) is 60.7 Å². The lowest BCUT2D eigenvalue weighted by molar-refractivity contribution is 0.324. The molecule has 0 N–H and O–H groups in total. The molecular formula is C24H24N2O4. The lowest BCUT2D eigenvalue weighted by atomic mass is 10.1. The summed E-state index contributed by atoms with van der Waals surface area (Å²) in [5, 5.41) is 0. The van der Waals surface area contributed by atoms with Crippen molar-refractivity contribution in [2.24, 2.45) is 0 Å². The van der Waals surface area contributed by atoms with Crippen molar-refractivity contribution < 1.29 is 18.9 Å². The molecule has 0 radical (unpaired) electrons. The third kappa shape index (κ3) is 3.52. The maximum Gasteiger partial charge on any atom is 0.203 e. The number of hydrogen-bond donors (Lipinski definition) is 0. The average molecular weight is 404 g/mol. The lowest BCUT2D eigenvalue weighted by Crippen LogP contribution is -2.03. The Labute approximate surface area is 175 Å². The summed E-state index contributed by atoms with van der Waals surface area (Å²) in [6.45, 7) is 0.676. The zero-order valence-electron chi connectivity index (χ0n) is 17.5. The average Bonchev–Trinajstić information content (AvgIpc) is 3.16. The molecule has 0 saturated heterocycles. The van der Waals surface area contributed by atoms with Crippen LogP contribution in [0.2, 0.25) is 0 Å². The van der Waals surface area contributed by atoms with Crippen molar-refractivity contribution in [2.45, 2.75) is 6.54 Å². The van der Waals surface area contributed by atoms with E-state index in [4.69, 9.17) is 23.9 Å². The van der Waals surface area contributed by atoms with Crippen LogP contribution in [0.1, 0.15) is 5.56 Å². The summed E-state index contributed by atoms with van der Waals surface area (Å²) in [7, 11) is 6.47. The molecule has 0 aliphatic heterocycles. The van der Waals surface area contributed by atoms with Crippen molar-refractivity contribution in [1.82, 2.24) is 9.55 Å². The molecule has 30 heavy (non-hydrogen) atoms. The van der Waals surface area contributed by atoms with E-state index in [1.54, 1.807) is 28.4 Å². The fourth-order valence-electron chi connectivity index (χ4n) is 3.59. The van der Waals surface area contributed by atoms with Gasteiger partial charge in [-0.2, -0.15) is 0 Å². The van der Waals surface area contributed by atoms with Crippen LogP contribution < -0.4 is 18.9 Å². The molecule has 154 valence electrons. The van der Waals surface area contributed by atoms with Crippen molar-refractivity contribution in [1.29, 1.82) is 0 Å². The Bertz CT molecular complexity index is 1140. The van der Waals surface area contributed by atoms with Crippen LogP contribution in [0, 0.1) is 0 Å². The number of fused-ring (bicyclic) bond motifs is 1. The first kappa shape index (κ1) is 19.6. The minimum absolute atomic E-state index is 0.552. The summed E-state index contributed by atoms with van der Waals surface area (Å²) in [5.74, 6) is 3.30. The summed E-state index contributed by atoms with van der Waals surface area (Å²) >= 11 is 0. The Morgan fingerprint density at radius 2 is 1.47 bits per heavy atom. The molecular weight excluding hydrogens is 380 g/mol. The first-order chi connectivity index (χ1) is 14.7. The van der Waals surface area contributed by atoms with E-state index >= 15 is 0 Å². The van der Waals surface area contributed by atoms with Gasteiger partial charge in [0.1, 0.15) is 11.6 Å². The molecule has 0 saturated carbocycles. The van der Waals surface area contributed by atoms with E-state index in [1.807, 2.05) is 48.5 Å². The highest BCUT2D eigenvalue weighted by Gasteiger charge is 2.19. The van der Waals surface area contributed by atoms with E-state index in [9.17, 15) is 0 Å². The maximum atomic E-state index is 5.55. The molecule has 0 aliphatic rings. The monoisotopic (exact) mass is 404 g/mol. The highest BCUT2D eigenvalue weighted by atomic mass is 16.5. The van der Waals surface area contributed by atoms with Crippen LogP contribution in [0.4, 0.5) is 0 Å². The number of methoxy groups -OCH3 is 4. The molecule has 3 aromatic carbocycles. The van der Waals surface area contributed by atoms with Gasteiger partial charge in [0.2, 0.25) is 5.75 Å². The van der Waals surface area contributed by atoms with Crippen LogP contribution in [0.3, 0.4) is 0 Å². The smallest absolute Gasteiger partial charge is 0.203 e. The van der Waals surface area contributed by atoms with E-state index in [2.05, 4.69) is 16.7 Å². The van der Waals surface area contributed by atoms with Gasteiger partial charge in [-0.1, -0.05) is 30.3 Å². The summed E-state index contributed by atoms with van der Waals surface area (Å²) in [5.41, 5.74) is 3.93. The standard InChI is InChI=1S/C24H24N2O4/c1-27-18-10-11-20-19(14-18)25-24(26(20)15-16-8-6-5-7-9-16)17-12-21(28-2)23(30-4)22(13-17)29-3/h5-14H,15H2,1-4H3. The minimum atomic E-state index is 0.552. The van der Waals surface area contributed by atoms with Gasteiger partial charge in [0, 0.05) is 18.2 Å². The maximum absolute atomic E-state index is 5.55. The fourth-order valence-corrected chi connectivity index (χ4v) is 3.59. The minimum Gasteiger partial charge on any atom is -0.497 e. The number of imidazole rings is 1. The van der Waals surface area contributed by atoms with Gasteiger partial charge in [-0.05, 0) is 29.8 Å². The molecule has 6 heteroatoms. The third-order valence-electron chi connectivity index (χ3n) is 5.06. The third-order valence-corrected chi connectivity index (χ3v) is 5.06. The molecule has 0 aliphatic carbocycles. The molecule has 4 rings (SSSR count). The van der Waals surface area contributed by atoms with Gasteiger partial charge in [-0.25, -0.2) is 4.98 Å². The predicted octanol–water partition coefficient (Wildman–Crippen LogP) is 4.79. The van der Waals surface area contributed by atoms with E-state index < -0.39 is 0 Å². The van der Waals surface area contributed by atoms with Crippen LogP contribution in [-0.4, -0.2) is 38.0 Å². The highest BCUT2D eigenvalue weighted by Crippen LogP contribution is 2.41. The lowest BCUT2D eigenvalue weighted by Gasteiger charge is -2.15. The number of ether oxygens (including phenoxy) is 4. The van der Waals surface area contributed by atoms with Gasteiger partial charge < -0.3 is 23.5 Å². The second-order valence-corrected chi connectivity index (χ2v) is 6.78. The zero-order valence-corrected chi connectivity index (χ0v) is 17.5. The summed E-state index contributed by atoms with van der Waals surface area (Å²) in [6, 6.07) is 20.1. The molecule has 1 aromatic heterocycles. The quantitative estimate of drug-likeness (QED) is 0.443. The van der Waals surface area contributed by atoms with Crippen molar-refractivity contribution in [3.05, 3.63) is 66.2 Å². The number of aromatic nitrogens is 2. The van der Waals surface area contributed by atoms with Gasteiger partial charge in [0.25, 0.3) is 0 Å². The largest absolute Gasteiger partial charge is 0.497 e. The first-order valence-electron chi connectivity index (χ1n) is 9.57. The summed E-state index contributed by atoms with van der Waals surface area (Å²) < 4.78 is 24.1. The van der Waals surface area contributed by atoms with Gasteiger partial charge in [-0.3, -0.25) is 0 Å². The highest BCUT2D eigenvalue weighted by molar-refractivity contribution is 5.83. The Hall–Kier alpha value is -3.67. The Balaban J connectivity index is 1.94. The van der Waals surface area contributed by atoms with E-state index in [1.165, 1.54) is 5.56 Å². The summed E-state index contributed by atoms with van der Waals surface area (Å²) in [6.07, 6.45) is 0. The molecule has 6 nitrogen and oxygen atoms in total. The summed E-state index contributed by atoms with van der Waals surface area (Å²) in [4.78, 5) is 4.93. The van der Waals surface area contributed by atoms with Crippen LogP contribution >= 0.6 is 0 Å². The van der Waals surface area contributed by atoms with E-state index in [0.29, 0.717) is 23.8 Å². The van der Waals surface area contributed by atoms with Crippen LogP contribution in [0.25, 0.3) is 22.4 Å². The fraction of sp³-hybridized carbons (Fsp3) is 0.208. The van der Waals surface area contributed by atoms with Gasteiger partial charge >= 0.3 is 0 Å². The number of nitrogens with zero attached hydrogens (tertiary/aromatic N) is 2. The molecule has 4 aromatic rings. The molecule has 0 fully saturated rings. The molecule has 1 heterocycles. The van der Waals surface area contributed by atoms with Crippen molar-refractivity contribution in [3.63, 3.8) is 0 Å². The topological polar surface area (TPSA) is 54.7 Å². The molecule has 0 atom stereocenters. The van der Waals surface area contributed by atoms with Gasteiger partial charge in [0.05, 0.1) is 39.5 Å². The Morgan fingerprint density at radius 1 is 0.767 bits per heavy atom. The second kappa shape index (κ2) is 8.37. The van der Waals surface area contributed by atoms with Crippen molar-refractivity contribution >= 4 is 11.0 Å². The van der Waals surface area contributed by atoms with E-state index in [-0.39, 0.29) is 0 Å². The molecule has 0 unspecified atom stereocenters. The van der Waals surface area contributed by atoms with Crippen LogP contribution in [-0.2, 0) is 6.54 Å². The predicted molar refractivity (Wildman–Crippen MR) is 117 cm³/mol.